The molecule has 1 heterocycles. The lowest BCUT2D eigenvalue weighted by atomic mass is 9.75. The Morgan fingerprint density at radius 1 is 1.00 bits per heavy atom. The number of aliphatic hydroxyl groups excluding tert-OH is 1. The summed E-state index contributed by atoms with van der Waals surface area (Å²) in [5.41, 5.74) is 2.63. The third-order valence-electron chi connectivity index (χ3n) is 5.25. The number of hydrogen-bond donors (Lipinski definition) is 2. The summed E-state index contributed by atoms with van der Waals surface area (Å²) >= 11 is 0. The topological polar surface area (TPSA) is 43.7 Å². The van der Waals surface area contributed by atoms with Crippen molar-refractivity contribution in [1.29, 1.82) is 0 Å². The van der Waals surface area contributed by atoms with Crippen molar-refractivity contribution in [3.8, 4) is 5.75 Å². The summed E-state index contributed by atoms with van der Waals surface area (Å²) in [4.78, 5) is 2.35. The number of β-amino-alcohol motifs (C(OH)–C–C–N with tert-alkyl or cyclic N) is 1. The molecule has 1 fully saturated rings. The average Bonchev–Trinajstić information content (AvgIpc) is 2.58. The molecule has 0 aromatic heterocycles. The van der Waals surface area contributed by atoms with Gasteiger partial charge in [-0.15, -0.1) is 0 Å². The van der Waals surface area contributed by atoms with Crippen LogP contribution >= 0.6 is 0 Å². The quantitative estimate of drug-likeness (QED) is 0.879. The Bertz CT molecular complexity index is 631. The maximum Gasteiger partial charge on any atom is 0.115 e. The second kappa shape index (κ2) is 7.37. The fourth-order valence-electron chi connectivity index (χ4n) is 3.59. The Balaban J connectivity index is 1.52. The monoisotopic (exact) mass is 325 g/mol. The molecule has 1 aliphatic rings. The Kier molecular flexibility index (Phi) is 5.22. The number of aliphatic hydroxyl groups is 1. The van der Waals surface area contributed by atoms with Gasteiger partial charge in [0.05, 0.1) is 6.10 Å². The molecule has 1 aliphatic heterocycles. The van der Waals surface area contributed by atoms with Crippen LogP contribution in [0.3, 0.4) is 0 Å². The average molecular weight is 325 g/mol. The fourth-order valence-corrected chi connectivity index (χ4v) is 3.59. The van der Waals surface area contributed by atoms with Gasteiger partial charge in [-0.05, 0) is 61.0 Å². The Hall–Kier alpha value is -1.84. The zero-order valence-corrected chi connectivity index (χ0v) is 14.4. The molecule has 1 saturated heterocycles. The molecule has 2 aromatic carbocycles. The van der Waals surface area contributed by atoms with E-state index in [2.05, 4.69) is 42.2 Å². The summed E-state index contributed by atoms with van der Waals surface area (Å²) < 4.78 is 0. The van der Waals surface area contributed by atoms with Gasteiger partial charge in [0.15, 0.2) is 0 Å². The van der Waals surface area contributed by atoms with Crippen LogP contribution in [0, 0.1) is 5.41 Å². The van der Waals surface area contributed by atoms with Crippen LogP contribution in [0.25, 0.3) is 0 Å². The van der Waals surface area contributed by atoms with Crippen LogP contribution in [0.4, 0.5) is 0 Å². The zero-order chi connectivity index (χ0) is 17.0. The van der Waals surface area contributed by atoms with Gasteiger partial charge in [-0.3, -0.25) is 0 Å². The van der Waals surface area contributed by atoms with E-state index in [9.17, 15) is 10.2 Å². The number of piperidine rings is 1. The molecule has 0 aliphatic carbocycles. The van der Waals surface area contributed by atoms with Crippen molar-refractivity contribution >= 4 is 0 Å². The summed E-state index contributed by atoms with van der Waals surface area (Å²) in [6, 6.07) is 17.6. The van der Waals surface area contributed by atoms with E-state index < -0.39 is 6.10 Å². The van der Waals surface area contributed by atoms with Crippen molar-refractivity contribution in [3.05, 3.63) is 65.7 Å². The van der Waals surface area contributed by atoms with Crippen LogP contribution in [0.2, 0.25) is 0 Å². The molecule has 128 valence electrons. The van der Waals surface area contributed by atoms with E-state index in [1.807, 2.05) is 0 Å². The summed E-state index contributed by atoms with van der Waals surface area (Å²) in [5, 5.41) is 19.8. The molecule has 3 nitrogen and oxygen atoms in total. The number of aromatic hydroxyl groups is 1. The molecule has 3 heteroatoms. The molecular formula is C21H27NO2. The third-order valence-corrected chi connectivity index (χ3v) is 5.25. The van der Waals surface area contributed by atoms with E-state index in [1.54, 1.807) is 24.3 Å². The van der Waals surface area contributed by atoms with Crippen molar-refractivity contribution < 1.29 is 10.2 Å². The van der Waals surface area contributed by atoms with Crippen molar-refractivity contribution in [2.75, 3.05) is 19.6 Å². The molecule has 2 aromatic rings. The SMILES string of the molecule is CC1(Cc2ccccc2)CCN(CC(O)c2ccc(O)cc2)CC1. The zero-order valence-electron chi connectivity index (χ0n) is 14.4. The van der Waals surface area contributed by atoms with E-state index in [4.69, 9.17) is 0 Å². The van der Waals surface area contributed by atoms with Gasteiger partial charge < -0.3 is 15.1 Å². The number of nitrogens with zero attached hydrogens (tertiary/aromatic N) is 1. The molecule has 1 atom stereocenters. The van der Waals surface area contributed by atoms with Crippen molar-refractivity contribution in [2.24, 2.45) is 5.41 Å². The molecule has 0 amide bonds. The predicted octanol–water partition coefficient (Wildman–Crippen LogP) is 3.77. The first-order valence-corrected chi connectivity index (χ1v) is 8.77. The summed E-state index contributed by atoms with van der Waals surface area (Å²) in [7, 11) is 0. The van der Waals surface area contributed by atoms with E-state index in [1.165, 1.54) is 5.56 Å². The first-order valence-electron chi connectivity index (χ1n) is 8.77. The number of benzene rings is 2. The largest absolute Gasteiger partial charge is 0.508 e. The van der Waals surface area contributed by atoms with Gasteiger partial charge in [-0.1, -0.05) is 49.4 Å². The molecular weight excluding hydrogens is 298 g/mol. The molecule has 24 heavy (non-hydrogen) atoms. The van der Waals surface area contributed by atoms with Gasteiger partial charge in [0.1, 0.15) is 5.75 Å². The molecule has 0 saturated carbocycles. The smallest absolute Gasteiger partial charge is 0.115 e. The van der Waals surface area contributed by atoms with E-state index >= 15 is 0 Å². The molecule has 2 N–H and O–H groups in total. The lowest BCUT2D eigenvalue weighted by molar-refractivity contribution is 0.0641. The highest BCUT2D eigenvalue weighted by Crippen LogP contribution is 2.35. The molecule has 0 spiro atoms. The Labute approximate surface area is 144 Å². The number of rotatable bonds is 5. The predicted molar refractivity (Wildman–Crippen MR) is 97.0 cm³/mol. The number of hydrogen-bond acceptors (Lipinski definition) is 3. The van der Waals surface area contributed by atoms with Crippen LogP contribution in [0.1, 0.15) is 37.0 Å². The van der Waals surface area contributed by atoms with Crippen molar-refractivity contribution in [1.82, 2.24) is 4.90 Å². The van der Waals surface area contributed by atoms with Crippen LogP contribution < -0.4 is 0 Å². The lowest BCUT2D eigenvalue weighted by Gasteiger charge is -2.40. The van der Waals surface area contributed by atoms with Gasteiger partial charge >= 0.3 is 0 Å². The highest BCUT2D eigenvalue weighted by Gasteiger charge is 2.30. The molecule has 1 unspecified atom stereocenters. The number of likely N-dealkylation sites (tertiary alicyclic amines) is 1. The minimum atomic E-state index is -0.496. The Morgan fingerprint density at radius 2 is 1.62 bits per heavy atom. The third kappa shape index (κ3) is 4.37. The minimum absolute atomic E-state index is 0.237. The van der Waals surface area contributed by atoms with Crippen LogP contribution in [-0.2, 0) is 6.42 Å². The van der Waals surface area contributed by atoms with E-state index in [0.717, 1.165) is 37.9 Å². The normalized spacial score (nSPS) is 19.1. The summed E-state index contributed by atoms with van der Waals surface area (Å²) in [6.07, 6.45) is 2.94. The van der Waals surface area contributed by atoms with Crippen LogP contribution in [0.15, 0.2) is 54.6 Å². The second-order valence-corrected chi connectivity index (χ2v) is 7.38. The summed E-state index contributed by atoms with van der Waals surface area (Å²) in [5.74, 6) is 0.237. The highest BCUT2D eigenvalue weighted by molar-refractivity contribution is 5.27. The second-order valence-electron chi connectivity index (χ2n) is 7.38. The van der Waals surface area contributed by atoms with Gasteiger partial charge in [0, 0.05) is 6.54 Å². The van der Waals surface area contributed by atoms with Gasteiger partial charge in [-0.2, -0.15) is 0 Å². The first kappa shape index (κ1) is 17.0. The number of phenols is 1. The van der Waals surface area contributed by atoms with Crippen LogP contribution in [-0.4, -0.2) is 34.7 Å². The fraction of sp³-hybridized carbons (Fsp3) is 0.429. The lowest BCUT2D eigenvalue weighted by Crippen LogP contribution is -2.41. The molecule has 3 rings (SSSR count). The van der Waals surface area contributed by atoms with Crippen molar-refractivity contribution in [3.63, 3.8) is 0 Å². The highest BCUT2D eigenvalue weighted by atomic mass is 16.3. The van der Waals surface area contributed by atoms with Gasteiger partial charge in [0.25, 0.3) is 0 Å². The van der Waals surface area contributed by atoms with E-state index in [-0.39, 0.29) is 5.75 Å². The maximum absolute atomic E-state index is 10.4. The van der Waals surface area contributed by atoms with Gasteiger partial charge in [-0.25, -0.2) is 0 Å². The summed E-state index contributed by atoms with van der Waals surface area (Å²) in [6.45, 7) is 5.09. The van der Waals surface area contributed by atoms with Gasteiger partial charge in [0.2, 0.25) is 0 Å². The maximum atomic E-state index is 10.4. The first-order chi connectivity index (χ1) is 11.5. The molecule has 0 radical (unpaired) electrons. The van der Waals surface area contributed by atoms with Crippen molar-refractivity contribution in [2.45, 2.75) is 32.3 Å². The van der Waals surface area contributed by atoms with Crippen LogP contribution in [0.5, 0.6) is 5.75 Å². The van der Waals surface area contributed by atoms with E-state index in [0.29, 0.717) is 12.0 Å². The molecule has 0 bridgehead atoms. The standard InChI is InChI=1S/C21H27NO2/c1-21(15-17-5-3-2-4-6-17)11-13-22(14-12-21)16-20(24)18-7-9-19(23)10-8-18/h2-10,20,23-24H,11-16H2,1H3. The minimum Gasteiger partial charge on any atom is -0.508 e. The Morgan fingerprint density at radius 3 is 2.25 bits per heavy atom. The number of phenolic OH excluding ortho intramolecular Hbond substituents is 1.